The zero-order chi connectivity index (χ0) is 23.7. The molecule has 0 spiro atoms. The molecule has 3 aromatic carbocycles. The van der Waals surface area contributed by atoms with Gasteiger partial charge in [0.05, 0.1) is 31.6 Å². The fourth-order valence-corrected chi connectivity index (χ4v) is 4.66. The molecule has 176 valence electrons. The van der Waals surface area contributed by atoms with Crippen molar-refractivity contribution >= 4 is 39.2 Å². The molecule has 0 radical (unpaired) electrons. The standard InChI is InChI=1S/C27H29N3O4/c1-18(29-12-14-30(15-13-29)22-9-5-7-11-24(22)32-2)27(31)28-21-17-25-20(16-26(21)33-3)19-8-4-6-10-23(19)34-25/h4-11,16-18H,12-15H2,1-3H3,(H,28,31)/t18-/m1/s1. The number of piperazine rings is 1. The van der Waals surface area contributed by atoms with Crippen molar-refractivity contribution in [1.29, 1.82) is 0 Å². The summed E-state index contributed by atoms with van der Waals surface area (Å²) in [6.45, 7) is 5.16. The molecule has 7 heteroatoms. The molecule has 1 saturated heterocycles. The number of ether oxygens (including phenoxy) is 2. The van der Waals surface area contributed by atoms with Gasteiger partial charge in [-0.2, -0.15) is 0 Å². The number of hydrogen-bond donors (Lipinski definition) is 1. The molecule has 1 N–H and O–H groups in total. The Morgan fingerprint density at radius 1 is 0.882 bits per heavy atom. The van der Waals surface area contributed by atoms with E-state index < -0.39 is 0 Å². The predicted molar refractivity (Wildman–Crippen MR) is 135 cm³/mol. The van der Waals surface area contributed by atoms with Gasteiger partial charge in [0.2, 0.25) is 5.91 Å². The summed E-state index contributed by atoms with van der Waals surface area (Å²) >= 11 is 0. The van der Waals surface area contributed by atoms with Gasteiger partial charge in [-0.1, -0.05) is 30.3 Å². The molecular weight excluding hydrogens is 430 g/mol. The van der Waals surface area contributed by atoms with Crippen molar-refractivity contribution in [2.24, 2.45) is 0 Å². The van der Waals surface area contributed by atoms with Crippen LogP contribution in [0.5, 0.6) is 11.5 Å². The minimum Gasteiger partial charge on any atom is -0.495 e. The second-order valence-electron chi connectivity index (χ2n) is 8.51. The van der Waals surface area contributed by atoms with Gasteiger partial charge in [0.25, 0.3) is 0 Å². The van der Waals surface area contributed by atoms with Crippen LogP contribution in [0, 0.1) is 0 Å². The van der Waals surface area contributed by atoms with Crippen molar-refractivity contribution in [1.82, 2.24) is 4.90 Å². The molecule has 1 atom stereocenters. The summed E-state index contributed by atoms with van der Waals surface area (Å²) in [6, 6.07) is 19.4. The van der Waals surface area contributed by atoms with Crippen molar-refractivity contribution in [3.8, 4) is 11.5 Å². The Hall–Kier alpha value is -3.71. The van der Waals surface area contributed by atoms with Crippen LogP contribution in [0.1, 0.15) is 6.92 Å². The fourth-order valence-electron chi connectivity index (χ4n) is 4.66. The second-order valence-corrected chi connectivity index (χ2v) is 8.51. The molecule has 0 bridgehead atoms. The number of nitrogens with zero attached hydrogens (tertiary/aromatic N) is 2. The van der Waals surface area contributed by atoms with Gasteiger partial charge in [0, 0.05) is 43.0 Å². The first kappa shape index (κ1) is 22.1. The lowest BCUT2D eigenvalue weighted by atomic mass is 10.1. The van der Waals surface area contributed by atoms with Crippen LogP contribution in [0.15, 0.2) is 65.1 Å². The minimum atomic E-state index is -0.282. The quantitative estimate of drug-likeness (QED) is 0.449. The number of para-hydroxylation sites is 3. The molecule has 0 unspecified atom stereocenters. The number of fused-ring (bicyclic) bond motifs is 3. The number of anilines is 2. The SMILES string of the molecule is COc1cc2c(cc1NC(=O)[C@@H](C)N1CCN(c3ccccc3OC)CC1)oc1ccccc12. The summed E-state index contributed by atoms with van der Waals surface area (Å²) in [5.41, 5.74) is 3.23. The highest BCUT2D eigenvalue weighted by Crippen LogP contribution is 2.36. The Morgan fingerprint density at radius 2 is 1.59 bits per heavy atom. The fraction of sp³-hybridized carbons (Fsp3) is 0.296. The van der Waals surface area contributed by atoms with Crippen LogP contribution >= 0.6 is 0 Å². The van der Waals surface area contributed by atoms with Crippen LogP contribution in [0.25, 0.3) is 21.9 Å². The van der Waals surface area contributed by atoms with Crippen molar-refractivity contribution in [3.05, 3.63) is 60.7 Å². The first-order valence-corrected chi connectivity index (χ1v) is 11.5. The third kappa shape index (κ3) is 4.03. The molecule has 7 nitrogen and oxygen atoms in total. The van der Waals surface area contributed by atoms with E-state index in [1.165, 1.54) is 0 Å². The highest BCUT2D eigenvalue weighted by atomic mass is 16.5. The van der Waals surface area contributed by atoms with Crippen LogP contribution in [-0.4, -0.2) is 57.2 Å². The molecule has 34 heavy (non-hydrogen) atoms. The summed E-state index contributed by atoms with van der Waals surface area (Å²) in [5, 5.41) is 5.04. The van der Waals surface area contributed by atoms with Gasteiger partial charge in [-0.25, -0.2) is 0 Å². The lowest BCUT2D eigenvalue weighted by Crippen LogP contribution is -2.52. The zero-order valence-electron chi connectivity index (χ0n) is 19.7. The van der Waals surface area contributed by atoms with E-state index in [1.807, 2.05) is 61.5 Å². The monoisotopic (exact) mass is 459 g/mol. The maximum Gasteiger partial charge on any atom is 0.241 e. The van der Waals surface area contributed by atoms with Crippen LogP contribution in [0.4, 0.5) is 11.4 Å². The van der Waals surface area contributed by atoms with Gasteiger partial charge in [0.1, 0.15) is 22.7 Å². The Bertz CT molecular complexity index is 1320. The number of benzene rings is 3. The summed E-state index contributed by atoms with van der Waals surface area (Å²) in [4.78, 5) is 17.7. The van der Waals surface area contributed by atoms with E-state index in [2.05, 4.69) is 21.2 Å². The van der Waals surface area contributed by atoms with Crippen molar-refractivity contribution in [2.75, 3.05) is 50.6 Å². The van der Waals surface area contributed by atoms with Gasteiger partial charge >= 0.3 is 0 Å². The summed E-state index contributed by atoms with van der Waals surface area (Å²) < 4.78 is 17.1. The van der Waals surface area contributed by atoms with E-state index in [0.29, 0.717) is 11.4 Å². The van der Waals surface area contributed by atoms with E-state index in [4.69, 9.17) is 13.9 Å². The number of furan rings is 1. The van der Waals surface area contributed by atoms with Crippen LogP contribution in [0.3, 0.4) is 0 Å². The summed E-state index contributed by atoms with van der Waals surface area (Å²) in [7, 11) is 3.30. The van der Waals surface area contributed by atoms with Crippen LogP contribution < -0.4 is 19.7 Å². The third-order valence-corrected chi connectivity index (χ3v) is 6.62. The normalized spacial score (nSPS) is 15.4. The number of carbonyl (C=O) groups is 1. The van der Waals surface area contributed by atoms with Crippen LogP contribution in [0.2, 0.25) is 0 Å². The van der Waals surface area contributed by atoms with E-state index in [1.54, 1.807) is 14.2 Å². The lowest BCUT2D eigenvalue weighted by molar-refractivity contribution is -0.120. The summed E-state index contributed by atoms with van der Waals surface area (Å²) in [5.74, 6) is 1.41. The molecule has 1 aromatic heterocycles. The molecule has 1 fully saturated rings. The average Bonchev–Trinajstić information content (AvgIpc) is 3.25. The molecule has 0 saturated carbocycles. The lowest BCUT2D eigenvalue weighted by Gasteiger charge is -2.38. The number of methoxy groups -OCH3 is 2. The largest absolute Gasteiger partial charge is 0.495 e. The predicted octanol–water partition coefficient (Wildman–Crippen LogP) is 4.75. The summed E-state index contributed by atoms with van der Waals surface area (Å²) in [6.07, 6.45) is 0. The van der Waals surface area contributed by atoms with Gasteiger partial charge in [0.15, 0.2) is 0 Å². The van der Waals surface area contributed by atoms with E-state index in [-0.39, 0.29) is 11.9 Å². The van der Waals surface area contributed by atoms with E-state index in [0.717, 1.165) is 59.6 Å². The van der Waals surface area contributed by atoms with Crippen molar-refractivity contribution in [3.63, 3.8) is 0 Å². The molecule has 4 aromatic rings. The highest BCUT2D eigenvalue weighted by Gasteiger charge is 2.27. The Morgan fingerprint density at radius 3 is 2.35 bits per heavy atom. The molecule has 1 aliphatic heterocycles. The van der Waals surface area contributed by atoms with Crippen molar-refractivity contribution < 1.29 is 18.7 Å². The number of nitrogens with one attached hydrogen (secondary N) is 1. The second kappa shape index (κ2) is 9.27. The molecule has 1 aliphatic rings. The smallest absolute Gasteiger partial charge is 0.241 e. The van der Waals surface area contributed by atoms with Gasteiger partial charge in [-0.3, -0.25) is 9.69 Å². The Kier molecular flexibility index (Phi) is 6.02. The Balaban J connectivity index is 1.29. The van der Waals surface area contributed by atoms with Gasteiger partial charge < -0.3 is 24.1 Å². The Labute approximate surface area is 198 Å². The molecule has 1 amide bonds. The van der Waals surface area contributed by atoms with E-state index >= 15 is 0 Å². The van der Waals surface area contributed by atoms with Crippen LogP contribution in [-0.2, 0) is 4.79 Å². The molecule has 0 aliphatic carbocycles. The number of hydrogen-bond acceptors (Lipinski definition) is 6. The molecule has 2 heterocycles. The number of carbonyl (C=O) groups excluding carboxylic acids is 1. The first-order chi connectivity index (χ1) is 16.6. The average molecular weight is 460 g/mol. The third-order valence-electron chi connectivity index (χ3n) is 6.62. The maximum atomic E-state index is 13.2. The van der Waals surface area contributed by atoms with Gasteiger partial charge in [-0.05, 0) is 31.2 Å². The number of amides is 1. The van der Waals surface area contributed by atoms with Crippen molar-refractivity contribution in [2.45, 2.75) is 13.0 Å². The topological polar surface area (TPSA) is 67.2 Å². The molecule has 5 rings (SSSR count). The maximum absolute atomic E-state index is 13.2. The zero-order valence-corrected chi connectivity index (χ0v) is 19.7. The minimum absolute atomic E-state index is 0.0699. The highest BCUT2D eigenvalue weighted by molar-refractivity contribution is 6.08. The van der Waals surface area contributed by atoms with E-state index in [9.17, 15) is 4.79 Å². The number of rotatable bonds is 6. The van der Waals surface area contributed by atoms with Gasteiger partial charge in [-0.15, -0.1) is 0 Å². The molecular formula is C27H29N3O4. The first-order valence-electron chi connectivity index (χ1n) is 11.5.